The molecule has 0 spiro atoms. The minimum atomic E-state index is -4.89. The zero-order chi connectivity index (χ0) is 8.04. The molecule has 58 valence electrons. The number of phosphoric acid groups is 1. The van der Waals surface area contributed by atoms with Crippen molar-refractivity contribution in [3.8, 4) is 0 Å². The van der Waals surface area contributed by atoms with Gasteiger partial charge in [-0.2, -0.15) is 0 Å². The van der Waals surface area contributed by atoms with Gasteiger partial charge >= 0.3 is 29.6 Å². The molecule has 0 aliphatic carbocycles. The molecule has 0 radical (unpaired) electrons. The Morgan fingerprint density at radius 1 is 1.55 bits per heavy atom. The van der Waals surface area contributed by atoms with E-state index in [9.17, 15) is 0 Å². The smallest absolute Gasteiger partial charge is 0.756 e. The number of rotatable bonds is 0. The van der Waals surface area contributed by atoms with Crippen LogP contribution in [0.25, 0.3) is 0 Å². The topological polar surface area (TPSA) is 107 Å². The number of nitrogens with zero attached hydrogens (tertiary/aromatic N) is 1. The van der Waals surface area contributed by atoms with Crippen LogP contribution in [-0.2, 0) is 4.57 Å². The molecule has 0 aliphatic rings. The van der Waals surface area contributed by atoms with E-state index in [4.69, 9.17) is 19.2 Å². The summed E-state index contributed by atoms with van der Waals surface area (Å²) in [6.07, 6.45) is 4.47. The summed E-state index contributed by atoms with van der Waals surface area (Å²) in [5.74, 6) is 0. The van der Waals surface area contributed by atoms with Crippen LogP contribution in [0.2, 0.25) is 0 Å². The maximum Gasteiger partial charge on any atom is 1.00 e. The van der Waals surface area contributed by atoms with Gasteiger partial charge in [0.15, 0.2) is 6.39 Å². The van der Waals surface area contributed by atoms with E-state index in [2.05, 4.69) is 9.40 Å². The second-order valence-corrected chi connectivity index (χ2v) is 2.15. The van der Waals surface area contributed by atoms with Gasteiger partial charge in [0.1, 0.15) is 6.26 Å². The normalized spacial score (nSPS) is 9.00. The van der Waals surface area contributed by atoms with E-state index in [1.807, 2.05) is 0 Å². The molecule has 0 amide bonds. The molecule has 0 fully saturated rings. The SMILES string of the molecule is O=P([O-])(O)O.[Na+].c1cocn1. The Bertz CT molecular complexity index is 170. The van der Waals surface area contributed by atoms with Crippen molar-refractivity contribution in [1.82, 2.24) is 4.98 Å². The van der Waals surface area contributed by atoms with E-state index >= 15 is 0 Å². The zero-order valence-corrected chi connectivity index (χ0v) is 8.64. The van der Waals surface area contributed by atoms with Crippen molar-refractivity contribution < 1.29 is 53.2 Å². The van der Waals surface area contributed by atoms with E-state index in [1.54, 1.807) is 6.20 Å². The Hall–Kier alpha value is 0.320. The standard InChI is InChI=1S/C3H3NO.Na.H3O4P/c1-2-5-3-4-1;;1-5(2,3)4/h1-3H;;(H3,1,2,3,4)/q;+1;/p-1. The number of hydrogen-bond acceptors (Lipinski definition) is 4. The van der Waals surface area contributed by atoms with E-state index in [0.717, 1.165) is 0 Å². The van der Waals surface area contributed by atoms with E-state index < -0.39 is 7.82 Å². The molecule has 2 N–H and O–H groups in total. The Balaban J connectivity index is 0. The van der Waals surface area contributed by atoms with Crippen LogP contribution in [0.15, 0.2) is 23.3 Å². The number of aromatic nitrogens is 1. The van der Waals surface area contributed by atoms with Crippen LogP contribution in [0.5, 0.6) is 0 Å². The van der Waals surface area contributed by atoms with Crippen molar-refractivity contribution in [1.29, 1.82) is 0 Å². The predicted octanol–water partition coefficient (Wildman–Crippen LogP) is -3.88. The predicted molar refractivity (Wildman–Crippen MR) is 28.5 cm³/mol. The summed E-state index contributed by atoms with van der Waals surface area (Å²) >= 11 is 0. The monoisotopic (exact) mass is 189 g/mol. The van der Waals surface area contributed by atoms with Crippen molar-refractivity contribution in [2.24, 2.45) is 0 Å². The number of hydrogen-bond donors (Lipinski definition) is 2. The van der Waals surface area contributed by atoms with Crippen LogP contribution < -0.4 is 34.5 Å². The quantitative estimate of drug-likeness (QED) is 0.319. The van der Waals surface area contributed by atoms with Crippen LogP contribution >= 0.6 is 7.82 Å². The summed E-state index contributed by atoms with van der Waals surface area (Å²) < 4.78 is 13.2. The molecule has 0 saturated carbocycles. The van der Waals surface area contributed by atoms with Gasteiger partial charge in [-0.05, 0) is 0 Å². The van der Waals surface area contributed by atoms with Crippen LogP contribution in [0.3, 0.4) is 0 Å². The molecule has 0 bridgehead atoms. The summed E-state index contributed by atoms with van der Waals surface area (Å²) in [7, 11) is -4.89. The summed E-state index contributed by atoms with van der Waals surface area (Å²) in [5.41, 5.74) is 0. The van der Waals surface area contributed by atoms with Gasteiger partial charge in [0, 0.05) is 0 Å². The fourth-order valence-corrected chi connectivity index (χ4v) is 0.176. The van der Waals surface area contributed by atoms with Gasteiger partial charge in [-0.1, -0.05) is 0 Å². The summed E-state index contributed by atoms with van der Waals surface area (Å²) in [6, 6.07) is 0. The largest absolute Gasteiger partial charge is 1.00 e. The third kappa shape index (κ3) is 25.2. The van der Waals surface area contributed by atoms with Crippen LogP contribution in [0.1, 0.15) is 0 Å². The molecule has 11 heavy (non-hydrogen) atoms. The van der Waals surface area contributed by atoms with Gasteiger partial charge in [0.2, 0.25) is 0 Å². The molecule has 0 unspecified atom stereocenters. The average Bonchev–Trinajstić information content (AvgIpc) is 2.07. The molecular formula is C3H5NNaO5P. The minimum absolute atomic E-state index is 0. The van der Waals surface area contributed by atoms with Gasteiger partial charge in [0.25, 0.3) is 7.82 Å². The molecule has 0 saturated heterocycles. The Morgan fingerprint density at radius 3 is 2.09 bits per heavy atom. The first-order valence-electron chi connectivity index (χ1n) is 2.09. The molecule has 6 nitrogen and oxygen atoms in total. The Morgan fingerprint density at radius 2 is 2.00 bits per heavy atom. The second-order valence-electron chi connectivity index (χ2n) is 1.17. The van der Waals surface area contributed by atoms with Crippen molar-refractivity contribution in [2.45, 2.75) is 0 Å². The summed E-state index contributed by atoms with van der Waals surface area (Å²) in [6.45, 7) is 0. The molecular weight excluding hydrogens is 184 g/mol. The molecule has 0 atom stereocenters. The average molecular weight is 189 g/mol. The fraction of sp³-hybridized carbons (Fsp3) is 0. The summed E-state index contributed by atoms with van der Waals surface area (Å²) in [4.78, 5) is 26.5. The van der Waals surface area contributed by atoms with Gasteiger partial charge in [-0.15, -0.1) is 0 Å². The molecule has 1 rings (SSSR count). The molecule has 1 aromatic rings. The first kappa shape index (κ1) is 13.9. The maximum atomic E-state index is 8.77. The van der Waals surface area contributed by atoms with Crippen LogP contribution in [0, 0.1) is 0 Å². The van der Waals surface area contributed by atoms with E-state index in [1.165, 1.54) is 12.7 Å². The first-order chi connectivity index (χ1) is 4.50. The van der Waals surface area contributed by atoms with Crippen molar-refractivity contribution >= 4 is 7.82 Å². The molecule has 8 heteroatoms. The second kappa shape index (κ2) is 7.00. The maximum absolute atomic E-state index is 8.77. The van der Waals surface area contributed by atoms with Crippen LogP contribution in [-0.4, -0.2) is 14.8 Å². The van der Waals surface area contributed by atoms with Gasteiger partial charge in [-0.25, -0.2) is 4.98 Å². The molecule has 1 heterocycles. The van der Waals surface area contributed by atoms with Crippen LogP contribution in [0.4, 0.5) is 0 Å². The van der Waals surface area contributed by atoms with Crippen molar-refractivity contribution in [3.63, 3.8) is 0 Å². The minimum Gasteiger partial charge on any atom is -0.756 e. The van der Waals surface area contributed by atoms with Crippen molar-refractivity contribution in [2.75, 3.05) is 0 Å². The molecule has 1 aromatic heterocycles. The summed E-state index contributed by atoms with van der Waals surface area (Å²) in [5, 5.41) is 0. The third-order valence-electron chi connectivity index (χ3n) is 0.347. The first-order valence-corrected chi connectivity index (χ1v) is 3.62. The van der Waals surface area contributed by atoms with Gasteiger partial charge < -0.3 is 19.1 Å². The number of oxazole rings is 1. The molecule has 0 aromatic carbocycles. The van der Waals surface area contributed by atoms with E-state index in [0.29, 0.717) is 0 Å². The Labute approximate surface area is 84.8 Å². The van der Waals surface area contributed by atoms with Gasteiger partial charge in [-0.3, -0.25) is 4.57 Å². The fourth-order valence-electron chi connectivity index (χ4n) is 0.176. The van der Waals surface area contributed by atoms with Gasteiger partial charge in [0.05, 0.1) is 6.20 Å². The van der Waals surface area contributed by atoms with E-state index in [-0.39, 0.29) is 29.6 Å². The Kier molecular flexibility index (Phi) is 8.83. The third-order valence-corrected chi connectivity index (χ3v) is 0.347. The zero-order valence-electron chi connectivity index (χ0n) is 5.75. The van der Waals surface area contributed by atoms with Crippen molar-refractivity contribution in [3.05, 3.63) is 18.9 Å². The molecule has 0 aliphatic heterocycles.